The predicted octanol–water partition coefficient (Wildman–Crippen LogP) is 2.46. The van der Waals surface area contributed by atoms with E-state index in [-0.39, 0.29) is 11.6 Å². The van der Waals surface area contributed by atoms with Crippen molar-refractivity contribution in [3.8, 4) is 0 Å². The van der Waals surface area contributed by atoms with Gasteiger partial charge in [0.15, 0.2) is 17.5 Å². The monoisotopic (exact) mass is 298 g/mol. The topological polar surface area (TPSA) is 32.3 Å². The first-order chi connectivity index (χ1) is 9.95. The SMILES string of the molecule is CN(C(=O)c1cc(F)c(F)c(F)c1)C1C[C@H]2CC[C@@H](C1)N2. The molecule has 1 unspecified atom stereocenters. The zero-order valence-corrected chi connectivity index (χ0v) is 11.7. The van der Waals surface area contributed by atoms with Gasteiger partial charge in [0.25, 0.3) is 5.91 Å². The lowest BCUT2D eigenvalue weighted by Crippen LogP contribution is -2.48. The molecule has 21 heavy (non-hydrogen) atoms. The average Bonchev–Trinajstić information content (AvgIpc) is 2.81. The Balaban J connectivity index is 1.78. The zero-order valence-electron chi connectivity index (χ0n) is 11.7. The number of nitrogens with one attached hydrogen (secondary N) is 1. The lowest BCUT2D eigenvalue weighted by atomic mass is 9.98. The van der Waals surface area contributed by atoms with Crippen LogP contribution in [0, 0.1) is 17.5 Å². The third kappa shape index (κ3) is 2.64. The van der Waals surface area contributed by atoms with E-state index < -0.39 is 23.4 Å². The molecule has 2 bridgehead atoms. The molecule has 0 radical (unpaired) electrons. The van der Waals surface area contributed by atoms with E-state index in [1.54, 1.807) is 7.05 Å². The summed E-state index contributed by atoms with van der Waals surface area (Å²) >= 11 is 0. The number of hydrogen-bond acceptors (Lipinski definition) is 2. The molecule has 3 rings (SSSR count). The summed E-state index contributed by atoms with van der Waals surface area (Å²) in [6, 6.07) is 2.38. The minimum atomic E-state index is -1.55. The number of piperidine rings is 1. The molecule has 114 valence electrons. The smallest absolute Gasteiger partial charge is 0.254 e. The number of benzene rings is 1. The van der Waals surface area contributed by atoms with Crippen LogP contribution in [0.15, 0.2) is 12.1 Å². The molecule has 3 atom stereocenters. The number of rotatable bonds is 2. The van der Waals surface area contributed by atoms with Gasteiger partial charge in [0.1, 0.15) is 0 Å². The molecule has 0 aromatic heterocycles. The second-order valence-electron chi connectivity index (χ2n) is 5.93. The van der Waals surface area contributed by atoms with Gasteiger partial charge in [-0.1, -0.05) is 0 Å². The second-order valence-corrected chi connectivity index (χ2v) is 5.93. The quantitative estimate of drug-likeness (QED) is 0.851. The second kappa shape index (κ2) is 5.33. The largest absolute Gasteiger partial charge is 0.339 e. The number of halogens is 3. The van der Waals surface area contributed by atoms with E-state index in [9.17, 15) is 18.0 Å². The van der Waals surface area contributed by atoms with Crippen molar-refractivity contribution in [3.05, 3.63) is 35.1 Å². The van der Waals surface area contributed by atoms with E-state index in [1.807, 2.05) is 0 Å². The fourth-order valence-electron chi connectivity index (χ4n) is 3.39. The Morgan fingerprint density at radius 1 is 1.14 bits per heavy atom. The van der Waals surface area contributed by atoms with E-state index in [4.69, 9.17) is 0 Å². The fourth-order valence-corrected chi connectivity index (χ4v) is 3.39. The molecule has 1 aromatic rings. The van der Waals surface area contributed by atoms with E-state index in [2.05, 4.69) is 5.32 Å². The van der Waals surface area contributed by atoms with Crippen molar-refractivity contribution in [1.82, 2.24) is 10.2 Å². The van der Waals surface area contributed by atoms with Crippen molar-refractivity contribution < 1.29 is 18.0 Å². The number of fused-ring (bicyclic) bond motifs is 2. The molecular formula is C15H17F3N2O. The summed E-state index contributed by atoms with van der Waals surface area (Å²) in [5.41, 5.74) is -0.153. The maximum atomic E-state index is 13.2. The van der Waals surface area contributed by atoms with E-state index in [0.29, 0.717) is 12.1 Å². The number of carbonyl (C=O) groups excluding carboxylic acids is 1. The Hall–Kier alpha value is -1.56. The lowest BCUT2D eigenvalue weighted by molar-refractivity contribution is 0.0680. The summed E-state index contributed by atoms with van der Waals surface area (Å²) < 4.78 is 39.4. The molecule has 0 spiro atoms. The molecule has 0 aliphatic carbocycles. The van der Waals surface area contributed by atoms with Crippen LogP contribution in [0.1, 0.15) is 36.0 Å². The Kier molecular flexibility index (Phi) is 3.65. The Labute approximate surface area is 121 Å². The summed E-state index contributed by atoms with van der Waals surface area (Å²) in [5.74, 6) is -4.69. The number of hydrogen-bond donors (Lipinski definition) is 1. The van der Waals surface area contributed by atoms with Gasteiger partial charge in [-0.25, -0.2) is 13.2 Å². The number of amides is 1. The van der Waals surface area contributed by atoms with Crippen molar-refractivity contribution in [2.45, 2.75) is 43.8 Å². The highest BCUT2D eigenvalue weighted by molar-refractivity contribution is 5.94. The standard InChI is InChI=1S/C15H17F3N2O/c1-20(11-6-9-2-3-10(7-11)19-9)15(21)8-4-12(16)14(18)13(17)5-8/h4-5,9-11,19H,2-3,6-7H2,1H3/t9-,10+,11?. The predicted molar refractivity (Wildman–Crippen MR) is 71.4 cm³/mol. The van der Waals surface area contributed by atoms with Gasteiger partial charge < -0.3 is 10.2 Å². The van der Waals surface area contributed by atoms with Crippen molar-refractivity contribution in [1.29, 1.82) is 0 Å². The molecular weight excluding hydrogens is 281 g/mol. The number of nitrogens with zero attached hydrogens (tertiary/aromatic N) is 1. The van der Waals surface area contributed by atoms with Crippen LogP contribution in [-0.4, -0.2) is 36.0 Å². The molecule has 2 saturated heterocycles. The van der Waals surface area contributed by atoms with E-state index in [1.165, 1.54) is 4.90 Å². The lowest BCUT2D eigenvalue weighted by Gasteiger charge is -2.35. The van der Waals surface area contributed by atoms with Gasteiger partial charge in [0, 0.05) is 30.7 Å². The maximum absolute atomic E-state index is 13.2. The Morgan fingerprint density at radius 3 is 2.19 bits per heavy atom. The molecule has 1 aromatic carbocycles. The van der Waals surface area contributed by atoms with Crippen LogP contribution < -0.4 is 5.32 Å². The molecule has 3 nitrogen and oxygen atoms in total. The van der Waals surface area contributed by atoms with Gasteiger partial charge in [-0.3, -0.25) is 4.79 Å². The summed E-state index contributed by atoms with van der Waals surface area (Å²) in [4.78, 5) is 13.9. The average molecular weight is 298 g/mol. The molecule has 0 saturated carbocycles. The van der Waals surface area contributed by atoms with Gasteiger partial charge >= 0.3 is 0 Å². The van der Waals surface area contributed by atoms with Crippen LogP contribution in [0.4, 0.5) is 13.2 Å². The minimum Gasteiger partial charge on any atom is -0.339 e. The summed E-state index contributed by atoms with van der Waals surface area (Å²) in [7, 11) is 1.64. The first kappa shape index (κ1) is 14.4. The summed E-state index contributed by atoms with van der Waals surface area (Å²) in [6.07, 6.45) is 3.88. The van der Waals surface area contributed by atoms with Gasteiger partial charge in [-0.2, -0.15) is 0 Å². The fraction of sp³-hybridized carbons (Fsp3) is 0.533. The van der Waals surface area contributed by atoms with Gasteiger partial charge in [-0.05, 0) is 37.8 Å². The summed E-state index contributed by atoms with van der Waals surface area (Å²) in [5, 5.41) is 3.47. The Bertz CT molecular complexity index is 543. The van der Waals surface area contributed by atoms with Crippen molar-refractivity contribution in [2.75, 3.05) is 7.05 Å². The molecule has 2 aliphatic heterocycles. The molecule has 2 fully saturated rings. The van der Waals surface area contributed by atoms with E-state index >= 15 is 0 Å². The van der Waals surface area contributed by atoms with Crippen LogP contribution in [0.5, 0.6) is 0 Å². The third-order valence-electron chi connectivity index (χ3n) is 4.55. The summed E-state index contributed by atoms with van der Waals surface area (Å²) in [6.45, 7) is 0. The Morgan fingerprint density at radius 2 is 1.67 bits per heavy atom. The van der Waals surface area contributed by atoms with Gasteiger partial charge in [-0.15, -0.1) is 0 Å². The van der Waals surface area contributed by atoms with Gasteiger partial charge in [0.2, 0.25) is 0 Å². The highest BCUT2D eigenvalue weighted by atomic mass is 19.2. The van der Waals surface area contributed by atoms with Crippen LogP contribution in [0.25, 0.3) is 0 Å². The zero-order chi connectivity index (χ0) is 15.1. The highest BCUT2D eigenvalue weighted by Crippen LogP contribution is 2.30. The van der Waals surface area contributed by atoms with Crippen molar-refractivity contribution in [2.24, 2.45) is 0 Å². The normalized spacial score (nSPS) is 27.7. The third-order valence-corrected chi connectivity index (χ3v) is 4.55. The van der Waals surface area contributed by atoms with Crippen LogP contribution >= 0.6 is 0 Å². The molecule has 1 N–H and O–H groups in total. The van der Waals surface area contributed by atoms with Crippen LogP contribution in [-0.2, 0) is 0 Å². The molecule has 1 amide bonds. The highest BCUT2D eigenvalue weighted by Gasteiger charge is 2.36. The van der Waals surface area contributed by atoms with E-state index in [0.717, 1.165) is 37.8 Å². The van der Waals surface area contributed by atoms with Crippen molar-refractivity contribution in [3.63, 3.8) is 0 Å². The van der Waals surface area contributed by atoms with Crippen molar-refractivity contribution >= 4 is 5.91 Å². The minimum absolute atomic E-state index is 0.0485. The molecule has 2 aliphatic rings. The maximum Gasteiger partial charge on any atom is 0.254 e. The molecule has 2 heterocycles. The molecule has 6 heteroatoms. The first-order valence-corrected chi connectivity index (χ1v) is 7.13. The van der Waals surface area contributed by atoms with Crippen LogP contribution in [0.2, 0.25) is 0 Å². The number of carbonyl (C=O) groups is 1. The first-order valence-electron chi connectivity index (χ1n) is 7.13. The van der Waals surface area contributed by atoms with Gasteiger partial charge in [0.05, 0.1) is 0 Å². The van der Waals surface area contributed by atoms with Crippen LogP contribution in [0.3, 0.4) is 0 Å².